The van der Waals surface area contributed by atoms with Crippen molar-refractivity contribution in [3.05, 3.63) is 112 Å². The summed E-state index contributed by atoms with van der Waals surface area (Å²) in [5, 5.41) is 4.32. The molecule has 0 unspecified atom stereocenters. The molecule has 5 aromatic rings. The van der Waals surface area contributed by atoms with Gasteiger partial charge in [-0.25, -0.2) is 13.8 Å². The maximum Gasteiger partial charge on any atom is 0.272 e. The lowest BCUT2D eigenvalue weighted by molar-refractivity contribution is 0.0619. The van der Waals surface area contributed by atoms with E-state index in [0.717, 1.165) is 16.5 Å². The lowest BCUT2D eigenvalue weighted by Gasteiger charge is -2.34. The van der Waals surface area contributed by atoms with Crippen LogP contribution in [0.4, 0.5) is 14.5 Å². The van der Waals surface area contributed by atoms with E-state index in [4.69, 9.17) is 32.7 Å². The summed E-state index contributed by atoms with van der Waals surface area (Å²) in [4.78, 5) is 34.5. The second kappa shape index (κ2) is 16.0. The molecule has 0 radical (unpaired) electrons. The Morgan fingerprint density at radius 3 is 2.31 bits per heavy atom. The molecule has 1 saturated heterocycles. The number of rotatable bonds is 10. The van der Waals surface area contributed by atoms with Crippen molar-refractivity contribution in [2.75, 3.05) is 38.1 Å². The topological polar surface area (TPSA) is 88.9 Å². The lowest BCUT2D eigenvalue weighted by atomic mass is 10.2. The van der Waals surface area contributed by atoms with E-state index in [1.54, 1.807) is 36.4 Å². The van der Waals surface area contributed by atoms with E-state index in [1.807, 2.05) is 52.9 Å². The van der Waals surface area contributed by atoms with Crippen LogP contribution in [-0.2, 0) is 13.6 Å². The summed E-state index contributed by atoms with van der Waals surface area (Å²) >= 11 is 12.0. The van der Waals surface area contributed by atoms with Crippen LogP contribution in [0.1, 0.15) is 26.4 Å². The van der Waals surface area contributed by atoms with Crippen molar-refractivity contribution in [2.24, 2.45) is 7.05 Å². The molecule has 3 heterocycles. The van der Waals surface area contributed by atoms with Crippen LogP contribution in [0.25, 0.3) is 10.9 Å². The van der Waals surface area contributed by atoms with Crippen LogP contribution in [0.3, 0.4) is 0 Å². The standard InChI is InChI=1S/C35H31Cl2F2N5O4.BrH/c1-42-30-18-27(48-33-11-6-25(19-40-33)41-34(45)24-5-10-28(36)29(37)16-24)9-4-23(30)17-31(42)35(46)44-14-12-43(13-15-44)20-22-2-7-26(8-3-22)47-21-32(38)39;/h2-11,16-19,32H,12-15,20-21H2,1H3,(H,41,45);1H. The first-order chi connectivity index (χ1) is 23.1. The largest absolute Gasteiger partial charge is 0.488 e. The van der Waals surface area contributed by atoms with Crippen molar-refractivity contribution in [3.63, 3.8) is 0 Å². The Kier molecular flexibility index (Phi) is 11.8. The number of carbonyl (C=O) groups excluding carboxylic acids is 2. The zero-order chi connectivity index (χ0) is 33.8. The number of anilines is 1. The molecule has 1 aliphatic rings. The van der Waals surface area contributed by atoms with Gasteiger partial charge in [0.1, 0.15) is 23.8 Å². The summed E-state index contributed by atoms with van der Waals surface area (Å²) < 4.78 is 37.7. The number of aryl methyl sites for hydroxylation is 1. The highest BCUT2D eigenvalue weighted by Gasteiger charge is 2.25. The smallest absolute Gasteiger partial charge is 0.272 e. The molecule has 2 aromatic heterocycles. The molecule has 0 bridgehead atoms. The number of aromatic nitrogens is 2. The van der Waals surface area contributed by atoms with Crippen LogP contribution < -0.4 is 14.8 Å². The molecule has 49 heavy (non-hydrogen) atoms. The van der Waals surface area contributed by atoms with E-state index in [2.05, 4.69) is 15.2 Å². The number of carbonyl (C=O) groups is 2. The van der Waals surface area contributed by atoms with Crippen molar-refractivity contribution in [3.8, 4) is 17.4 Å². The third kappa shape index (κ3) is 8.87. The number of nitrogens with zero attached hydrogens (tertiary/aromatic N) is 4. The number of alkyl halides is 2. The Morgan fingerprint density at radius 1 is 0.898 bits per heavy atom. The van der Waals surface area contributed by atoms with Gasteiger partial charge in [0, 0.05) is 62.9 Å². The Labute approximate surface area is 302 Å². The zero-order valence-electron chi connectivity index (χ0n) is 26.2. The summed E-state index contributed by atoms with van der Waals surface area (Å²) in [6.07, 6.45) is -1.02. The van der Waals surface area contributed by atoms with Crippen LogP contribution in [0.15, 0.2) is 85.1 Å². The molecular formula is C35H32BrCl2F2N5O4. The lowest BCUT2D eigenvalue weighted by Crippen LogP contribution is -2.48. The van der Waals surface area contributed by atoms with Gasteiger partial charge in [-0.3, -0.25) is 14.5 Å². The van der Waals surface area contributed by atoms with Crippen LogP contribution >= 0.6 is 40.2 Å². The van der Waals surface area contributed by atoms with E-state index in [-0.39, 0.29) is 33.8 Å². The molecule has 1 fully saturated rings. The average Bonchev–Trinajstić information content (AvgIpc) is 3.41. The van der Waals surface area contributed by atoms with E-state index >= 15 is 0 Å². The first kappa shape index (κ1) is 36.1. The summed E-state index contributed by atoms with van der Waals surface area (Å²) in [6, 6.07) is 22.6. The molecule has 0 spiro atoms. The van der Waals surface area contributed by atoms with Gasteiger partial charge in [-0.05, 0) is 60.2 Å². The van der Waals surface area contributed by atoms with Gasteiger partial charge in [-0.15, -0.1) is 17.0 Å². The van der Waals surface area contributed by atoms with Crippen LogP contribution in [0.2, 0.25) is 10.0 Å². The molecule has 14 heteroatoms. The van der Waals surface area contributed by atoms with Gasteiger partial charge in [-0.1, -0.05) is 35.3 Å². The molecule has 0 saturated carbocycles. The fourth-order valence-corrected chi connectivity index (χ4v) is 5.73. The molecule has 0 aliphatic carbocycles. The number of hydrogen-bond donors (Lipinski definition) is 1. The first-order valence-electron chi connectivity index (χ1n) is 15.1. The van der Waals surface area contributed by atoms with E-state index in [9.17, 15) is 18.4 Å². The summed E-state index contributed by atoms with van der Waals surface area (Å²) in [5.41, 5.74) is 3.30. The number of nitrogens with one attached hydrogen (secondary N) is 1. The van der Waals surface area contributed by atoms with Gasteiger partial charge in [0.2, 0.25) is 5.88 Å². The fraction of sp³-hybridized carbons (Fsp3) is 0.229. The highest BCUT2D eigenvalue weighted by atomic mass is 79.9. The Balaban J connectivity index is 0.00000468. The maximum atomic E-state index is 13.5. The number of ether oxygens (including phenoxy) is 2. The SMILES string of the molecule is Br.Cn1c(C(=O)N2CCN(Cc3ccc(OCC(F)F)cc3)CC2)cc2ccc(Oc3ccc(NC(=O)c4ccc(Cl)c(Cl)c4)cn3)cc21. The molecule has 1 N–H and O–H groups in total. The predicted octanol–water partition coefficient (Wildman–Crippen LogP) is 8.10. The Morgan fingerprint density at radius 2 is 1.63 bits per heavy atom. The third-order valence-electron chi connectivity index (χ3n) is 8.00. The number of halogens is 5. The number of amides is 2. The Hall–Kier alpha value is -4.23. The number of fused-ring (bicyclic) bond motifs is 1. The van der Waals surface area contributed by atoms with Crippen LogP contribution in [-0.4, -0.2) is 70.4 Å². The van der Waals surface area contributed by atoms with Crippen molar-refractivity contribution in [1.29, 1.82) is 0 Å². The molecule has 9 nitrogen and oxygen atoms in total. The van der Waals surface area contributed by atoms with Gasteiger partial charge in [-0.2, -0.15) is 0 Å². The molecule has 256 valence electrons. The van der Waals surface area contributed by atoms with Crippen molar-refractivity contribution in [2.45, 2.75) is 13.0 Å². The van der Waals surface area contributed by atoms with E-state index < -0.39 is 13.0 Å². The van der Waals surface area contributed by atoms with E-state index in [1.165, 1.54) is 12.3 Å². The van der Waals surface area contributed by atoms with Crippen LogP contribution in [0.5, 0.6) is 17.4 Å². The first-order valence-corrected chi connectivity index (χ1v) is 15.9. The van der Waals surface area contributed by atoms with Crippen molar-refractivity contribution < 1.29 is 27.8 Å². The summed E-state index contributed by atoms with van der Waals surface area (Å²) in [5.74, 6) is 0.900. The van der Waals surface area contributed by atoms with Crippen molar-refractivity contribution >= 4 is 68.6 Å². The van der Waals surface area contributed by atoms with Gasteiger partial charge in [0.05, 0.1) is 27.4 Å². The highest BCUT2D eigenvalue weighted by molar-refractivity contribution is 8.93. The maximum absolute atomic E-state index is 13.5. The van der Waals surface area contributed by atoms with Gasteiger partial charge >= 0.3 is 0 Å². The highest BCUT2D eigenvalue weighted by Crippen LogP contribution is 2.28. The van der Waals surface area contributed by atoms with Gasteiger partial charge in [0.15, 0.2) is 0 Å². The number of benzene rings is 3. The minimum absolute atomic E-state index is 0. The molecule has 0 atom stereocenters. The number of piperazine rings is 1. The van der Waals surface area contributed by atoms with Crippen molar-refractivity contribution in [1.82, 2.24) is 19.4 Å². The molecular weight excluding hydrogens is 743 g/mol. The quantitative estimate of drug-likeness (QED) is 0.154. The average molecular weight is 775 g/mol. The third-order valence-corrected chi connectivity index (χ3v) is 8.74. The second-order valence-electron chi connectivity index (χ2n) is 11.3. The molecule has 1 aliphatic heterocycles. The zero-order valence-corrected chi connectivity index (χ0v) is 29.5. The summed E-state index contributed by atoms with van der Waals surface area (Å²) in [7, 11) is 1.86. The summed E-state index contributed by atoms with van der Waals surface area (Å²) in [6.45, 7) is 2.66. The number of hydrogen-bond acceptors (Lipinski definition) is 6. The molecule has 2 amide bonds. The molecule has 3 aromatic carbocycles. The molecule has 6 rings (SSSR count). The minimum atomic E-state index is -2.51. The van der Waals surface area contributed by atoms with E-state index in [0.29, 0.717) is 72.1 Å². The minimum Gasteiger partial charge on any atom is -0.488 e. The monoisotopic (exact) mass is 773 g/mol. The van der Waals surface area contributed by atoms with Gasteiger partial charge < -0.3 is 24.3 Å². The predicted molar refractivity (Wildman–Crippen MR) is 191 cm³/mol. The second-order valence-corrected chi connectivity index (χ2v) is 12.1. The number of pyridine rings is 1. The Bertz CT molecular complexity index is 1940. The van der Waals surface area contributed by atoms with Gasteiger partial charge in [0.25, 0.3) is 18.2 Å². The fourth-order valence-electron chi connectivity index (χ4n) is 5.43. The normalized spacial score (nSPS) is 13.3. The van der Waals surface area contributed by atoms with Crippen LogP contribution in [0, 0.1) is 0 Å².